The zero-order chi connectivity index (χ0) is 36.2. The number of aromatic nitrogens is 4. The molecule has 10 rings (SSSR count). The van der Waals surface area contributed by atoms with Crippen LogP contribution < -0.4 is 0 Å². The number of nitrogens with zero attached hydrogens (tertiary/aromatic N) is 6. The highest BCUT2D eigenvalue weighted by Crippen LogP contribution is 2.40. The summed E-state index contributed by atoms with van der Waals surface area (Å²) in [6.45, 7) is 7.73. The van der Waals surface area contributed by atoms with Crippen LogP contribution in [0.3, 0.4) is 0 Å². The first-order chi connectivity index (χ1) is 26.6. The second-order valence-electron chi connectivity index (χ2n) is 13.1. The van der Waals surface area contributed by atoms with Crippen LogP contribution in [0.4, 0.5) is 5.69 Å². The zero-order valence-electron chi connectivity index (χ0n) is 28.6. The maximum absolute atomic E-state index is 9.84. The summed E-state index contributed by atoms with van der Waals surface area (Å²) in [5.41, 5.74) is 9.83. The molecule has 3 heterocycles. The van der Waals surface area contributed by atoms with Gasteiger partial charge in [-0.15, -0.1) is 0 Å². The Morgan fingerprint density at radius 3 is 1.85 bits per heavy atom. The lowest BCUT2D eigenvalue weighted by Gasteiger charge is -2.16. The molecule has 0 amide bonds. The Kier molecular flexibility index (Phi) is 7.11. The topological polar surface area (TPSA) is 84.9 Å². The third-order valence-electron chi connectivity index (χ3n) is 9.90. The largest absolute Gasteiger partial charge is 0.456 e. The van der Waals surface area contributed by atoms with E-state index in [1.54, 1.807) is 0 Å². The predicted molar refractivity (Wildman–Crippen MR) is 214 cm³/mol. The van der Waals surface area contributed by atoms with Crippen LogP contribution in [-0.2, 0) is 0 Å². The van der Waals surface area contributed by atoms with Crippen LogP contribution in [0.5, 0.6) is 0 Å². The van der Waals surface area contributed by atoms with Crippen molar-refractivity contribution >= 4 is 49.4 Å². The molecule has 54 heavy (non-hydrogen) atoms. The molecule has 0 saturated heterocycles. The van der Waals surface area contributed by atoms with E-state index < -0.39 is 0 Å². The first-order valence-corrected chi connectivity index (χ1v) is 17.4. The fourth-order valence-electron chi connectivity index (χ4n) is 7.33. The average Bonchev–Trinajstić information content (AvgIpc) is 3.78. The van der Waals surface area contributed by atoms with Crippen LogP contribution >= 0.6 is 0 Å². The van der Waals surface area contributed by atoms with Gasteiger partial charge in [0.05, 0.1) is 34.9 Å². The molecule has 0 N–H and O–H groups in total. The highest BCUT2D eigenvalue weighted by atomic mass is 16.3. The highest BCUT2D eigenvalue weighted by molar-refractivity contribution is 6.11. The molecule has 250 valence electrons. The van der Waals surface area contributed by atoms with Gasteiger partial charge in [0.15, 0.2) is 23.2 Å². The number of furan rings is 1. The molecule has 7 aromatic carbocycles. The van der Waals surface area contributed by atoms with Crippen LogP contribution in [0, 0.1) is 17.9 Å². The van der Waals surface area contributed by atoms with Crippen LogP contribution in [0.2, 0.25) is 0 Å². The van der Waals surface area contributed by atoms with E-state index in [2.05, 4.69) is 57.9 Å². The van der Waals surface area contributed by atoms with Crippen LogP contribution in [-0.4, -0.2) is 19.5 Å². The van der Waals surface area contributed by atoms with Crippen molar-refractivity contribution in [2.24, 2.45) is 0 Å². The Morgan fingerprint density at radius 1 is 0.519 bits per heavy atom. The molecule has 0 bridgehead atoms. The van der Waals surface area contributed by atoms with Gasteiger partial charge in [0.1, 0.15) is 11.2 Å². The lowest BCUT2D eigenvalue weighted by molar-refractivity contribution is 0.669. The normalized spacial score (nSPS) is 11.3. The third kappa shape index (κ3) is 5.08. The number of nitriles is 1. The molecule has 7 nitrogen and oxygen atoms in total. The van der Waals surface area contributed by atoms with E-state index in [0.717, 1.165) is 77.2 Å². The summed E-state index contributed by atoms with van der Waals surface area (Å²) in [5.74, 6) is 1.62. The van der Waals surface area contributed by atoms with Crippen molar-refractivity contribution in [1.82, 2.24) is 19.5 Å². The maximum Gasteiger partial charge on any atom is 0.188 e. The minimum Gasteiger partial charge on any atom is -0.456 e. The molecule has 0 aliphatic heterocycles. The lowest BCUT2D eigenvalue weighted by atomic mass is 9.99. The Labute approximate surface area is 309 Å². The molecule has 0 aliphatic rings. The van der Waals surface area contributed by atoms with E-state index in [4.69, 9.17) is 25.9 Å². The van der Waals surface area contributed by atoms with E-state index in [1.165, 1.54) is 0 Å². The molecule has 0 radical (unpaired) electrons. The van der Waals surface area contributed by atoms with Crippen molar-refractivity contribution in [3.05, 3.63) is 175 Å². The van der Waals surface area contributed by atoms with Crippen molar-refractivity contribution in [2.45, 2.75) is 0 Å². The number of hydrogen-bond donors (Lipinski definition) is 0. The van der Waals surface area contributed by atoms with Crippen molar-refractivity contribution in [3.63, 3.8) is 0 Å². The summed E-state index contributed by atoms with van der Waals surface area (Å²) >= 11 is 0. The highest BCUT2D eigenvalue weighted by Gasteiger charge is 2.21. The van der Waals surface area contributed by atoms with Gasteiger partial charge >= 0.3 is 0 Å². The van der Waals surface area contributed by atoms with Gasteiger partial charge in [-0.2, -0.15) is 5.26 Å². The third-order valence-corrected chi connectivity index (χ3v) is 9.90. The zero-order valence-corrected chi connectivity index (χ0v) is 28.6. The van der Waals surface area contributed by atoms with Crippen molar-refractivity contribution in [2.75, 3.05) is 0 Å². The number of fused-ring (bicyclic) bond motifs is 6. The minimum atomic E-state index is 0.505. The van der Waals surface area contributed by atoms with Gasteiger partial charge in [0, 0.05) is 32.8 Å². The first kappa shape index (κ1) is 30.9. The monoisotopic (exact) mass is 690 g/mol. The summed E-state index contributed by atoms with van der Waals surface area (Å²) < 4.78 is 8.47. The van der Waals surface area contributed by atoms with Crippen molar-refractivity contribution < 1.29 is 4.42 Å². The van der Waals surface area contributed by atoms with Gasteiger partial charge in [-0.1, -0.05) is 97.1 Å². The van der Waals surface area contributed by atoms with Gasteiger partial charge < -0.3 is 8.98 Å². The van der Waals surface area contributed by atoms with E-state index in [0.29, 0.717) is 28.7 Å². The number of para-hydroxylation sites is 1. The average molecular weight is 691 g/mol. The molecular weight excluding hydrogens is 665 g/mol. The van der Waals surface area contributed by atoms with E-state index in [-0.39, 0.29) is 0 Å². The molecule has 10 aromatic rings. The minimum absolute atomic E-state index is 0.505. The van der Waals surface area contributed by atoms with Gasteiger partial charge in [0.2, 0.25) is 0 Å². The molecule has 0 atom stereocenters. The molecule has 0 aliphatic carbocycles. The fraction of sp³-hybridized carbons (Fsp3) is 0. The maximum atomic E-state index is 9.84. The van der Waals surface area contributed by atoms with Crippen LogP contribution in [0.15, 0.2) is 162 Å². The number of hydrogen-bond acceptors (Lipinski definition) is 5. The van der Waals surface area contributed by atoms with Crippen LogP contribution in [0.1, 0.15) is 5.56 Å². The molecule has 0 spiro atoms. The summed E-state index contributed by atoms with van der Waals surface area (Å²) in [7, 11) is 0. The smallest absolute Gasteiger partial charge is 0.188 e. The second-order valence-corrected chi connectivity index (χ2v) is 13.1. The van der Waals surface area contributed by atoms with Gasteiger partial charge in [-0.05, 0) is 77.2 Å². The Hall–Kier alpha value is -7.87. The Morgan fingerprint density at radius 2 is 1.13 bits per heavy atom. The summed E-state index contributed by atoms with van der Waals surface area (Å²) in [6.07, 6.45) is 0. The van der Waals surface area contributed by atoms with Crippen molar-refractivity contribution in [3.8, 4) is 57.0 Å². The summed E-state index contributed by atoms with van der Waals surface area (Å²) in [6, 6.07) is 54.3. The van der Waals surface area contributed by atoms with E-state index >= 15 is 0 Å². The molecule has 0 fully saturated rings. The SMILES string of the molecule is [C-]#[N+]c1ccc2c(c1)c1cc(C#N)ccc1n2-c1ccc(-c2ccc3c(c2)oc2ccccc23)cc1-c1nc(-c2ccccc2)nc(-c2ccccc2)n1. The molecule has 3 aromatic heterocycles. The lowest BCUT2D eigenvalue weighted by Crippen LogP contribution is -2.04. The van der Waals surface area contributed by atoms with Crippen LogP contribution in [0.25, 0.3) is 99.6 Å². The summed E-state index contributed by atoms with van der Waals surface area (Å²) in [5, 5.41) is 13.7. The molecular formula is C47H26N6O. The number of rotatable bonds is 5. The standard InChI is InChI=1S/C47H26N6O/c1-49-34-19-23-41-38(27-34)37-24-29(28-48)16-21-40(37)53(41)42-22-18-32(33-17-20-36-35-14-8-9-15-43(35)54-44(36)26-33)25-39(42)47-51-45(30-10-4-2-5-11-30)50-46(52-47)31-12-6-3-7-13-31/h2-27H. The van der Waals surface area contributed by atoms with E-state index in [9.17, 15) is 5.26 Å². The molecule has 0 saturated carbocycles. The van der Waals surface area contributed by atoms with Gasteiger partial charge in [-0.3, -0.25) is 0 Å². The quantitative estimate of drug-likeness (QED) is 0.168. The summed E-state index contributed by atoms with van der Waals surface area (Å²) in [4.78, 5) is 19.0. The second kappa shape index (κ2) is 12.4. The first-order valence-electron chi connectivity index (χ1n) is 17.4. The fourth-order valence-corrected chi connectivity index (χ4v) is 7.33. The Bertz CT molecular complexity index is 3060. The predicted octanol–water partition coefficient (Wildman–Crippen LogP) is 12.0. The number of benzene rings is 7. The molecule has 7 heteroatoms. The molecule has 0 unspecified atom stereocenters. The van der Waals surface area contributed by atoms with Crippen molar-refractivity contribution in [1.29, 1.82) is 5.26 Å². The Balaban J connectivity index is 1.28. The van der Waals surface area contributed by atoms with E-state index in [1.807, 2.05) is 115 Å². The van der Waals surface area contributed by atoms with Gasteiger partial charge in [-0.25, -0.2) is 19.8 Å². The van der Waals surface area contributed by atoms with Gasteiger partial charge in [0.25, 0.3) is 0 Å².